The molecule has 2 aromatic heterocycles. The Labute approximate surface area is 173 Å². The Morgan fingerprint density at radius 2 is 2.07 bits per heavy atom. The SMILES string of the molecule is COCCNC(=O)/C(C#N)=C/c1cn(CC(=O)NCc2ccco2)c2ccccc12. The second kappa shape index (κ2) is 10.1. The number of hydrogen-bond donors (Lipinski definition) is 2. The Bertz CT molecular complexity index is 1090. The predicted octanol–water partition coefficient (Wildman–Crippen LogP) is 2.22. The lowest BCUT2D eigenvalue weighted by atomic mass is 10.1. The van der Waals surface area contributed by atoms with Crippen molar-refractivity contribution in [2.75, 3.05) is 20.3 Å². The van der Waals surface area contributed by atoms with Crippen LogP contribution in [0.2, 0.25) is 0 Å². The van der Waals surface area contributed by atoms with Crippen molar-refractivity contribution in [2.24, 2.45) is 0 Å². The van der Waals surface area contributed by atoms with Gasteiger partial charge in [-0.2, -0.15) is 5.26 Å². The Balaban J connectivity index is 1.80. The van der Waals surface area contributed by atoms with Crippen LogP contribution in [-0.4, -0.2) is 36.6 Å². The topological polar surface area (TPSA) is 109 Å². The lowest BCUT2D eigenvalue weighted by molar-refractivity contribution is -0.122. The third-order valence-electron chi connectivity index (χ3n) is 4.43. The first kappa shape index (κ1) is 20.9. The molecule has 2 N–H and O–H groups in total. The third kappa shape index (κ3) is 5.16. The molecule has 0 aliphatic carbocycles. The third-order valence-corrected chi connectivity index (χ3v) is 4.43. The van der Waals surface area contributed by atoms with Gasteiger partial charge in [0.15, 0.2) is 0 Å². The summed E-state index contributed by atoms with van der Waals surface area (Å²) in [5, 5.41) is 15.7. The van der Waals surface area contributed by atoms with E-state index in [0.717, 1.165) is 10.9 Å². The van der Waals surface area contributed by atoms with Crippen LogP contribution in [0.15, 0.2) is 58.8 Å². The number of aromatic nitrogens is 1. The number of nitrogens with zero attached hydrogens (tertiary/aromatic N) is 2. The summed E-state index contributed by atoms with van der Waals surface area (Å²) in [5.41, 5.74) is 1.49. The number of para-hydroxylation sites is 1. The first-order valence-electron chi connectivity index (χ1n) is 9.38. The second-order valence-corrected chi connectivity index (χ2v) is 6.50. The number of hydrogen-bond acceptors (Lipinski definition) is 5. The number of nitrogens with one attached hydrogen (secondary N) is 2. The van der Waals surface area contributed by atoms with Crippen molar-refractivity contribution < 1.29 is 18.7 Å². The van der Waals surface area contributed by atoms with E-state index < -0.39 is 5.91 Å². The molecule has 0 spiro atoms. The van der Waals surface area contributed by atoms with E-state index in [1.54, 1.807) is 29.2 Å². The van der Waals surface area contributed by atoms with Gasteiger partial charge in [0.1, 0.15) is 23.9 Å². The van der Waals surface area contributed by atoms with E-state index in [-0.39, 0.29) is 18.0 Å². The van der Waals surface area contributed by atoms with Crippen LogP contribution in [0.1, 0.15) is 11.3 Å². The Kier molecular flexibility index (Phi) is 7.03. The van der Waals surface area contributed by atoms with Crippen LogP contribution >= 0.6 is 0 Å². The van der Waals surface area contributed by atoms with Crippen LogP contribution in [-0.2, 0) is 27.4 Å². The molecule has 0 fully saturated rings. The smallest absolute Gasteiger partial charge is 0.262 e. The molecule has 2 heterocycles. The summed E-state index contributed by atoms with van der Waals surface area (Å²) in [4.78, 5) is 24.6. The number of amides is 2. The summed E-state index contributed by atoms with van der Waals surface area (Å²) < 4.78 is 11.9. The largest absolute Gasteiger partial charge is 0.467 e. The number of rotatable bonds is 9. The molecule has 154 valence electrons. The van der Waals surface area contributed by atoms with Crippen LogP contribution in [0, 0.1) is 11.3 Å². The van der Waals surface area contributed by atoms with Crippen LogP contribution in [0.5, 0.6) is 0 Å². The highest BCUT2D eigenvalue weighted by Gasteiger charge is 2.13. The normalized spacial score (nSPS) is 11.3. The fourth-order valence-corrected chi connectivity index (χ4v) is 3.00. The lowest BCUT2D eigenvalue weighted by Crippen LogP contribution is -2.27. The fraction of sp³-hybridized carbons (Fsp3) is 0.227. The maximum absolute atomic E-state index is 12.4. The van der Waals surface area contributed by atoms with Crippen molar-refractivity contribution >= 4 is 28.8 Å². The molecule has 3 rings (SSSR count). The van der Waals surface area contributed by atoms with Crippen molar-refractivity contribution in [3.8, 4) is 6.07 Å². The van der Waals surface area contributed by atoms with E-state index in [0.29, 0.717) is 31.0 Å². The van der Waals surface area contributed by atoms with Gasteiger partial charge in [-0.3, -0.25) is 9.59 Å². The summed E-state index contributed by atoms with van der Waals surface area (Å²) in [6, 6.07) is 13.0. The van der Waals surface area contributed by atoms with Gasteiger partial charge in [-0.15, -0.1) is 0 Å². The van der Waals surface area contributed by atoms with Crippen LogP contribution in [0.3, 0.4) is 0 Å². The maximum atomic E-state index is 12.4. The average Bonchev–Trinajstić information content (AvgIpc) is 3.39. The highest BCUT2D eigenvalue weighted by Crippen LogP contribution is 2.23. The quantitative estimate of drug-likeness (QED) is 0.322. The van der Waals surface area contributed by atoms with Crippen LogP contribution in [0.25, 0.3) is 17.0 Å². The van der Waals surface area contributed by atoms with Gasteiger partial charge >= 0.3 is 0 Å². The molecule has 1 aromatic carbocycles. The molecule has 30 heavy (non-hydrogen) atoms. The van der Waals surface area contributed by atoms with Crippen molar-refractivity contribution in [1.29, 1.82) is 5.26 Å². The molecule has 0 saturated heterocycles. The standard InChI is InChI=1S/C22H22N4O4/c1-29-10-8-24-22(28)16(12-23)11-17-14-26(20-7-3-2-6-19(17)20)15-21(27)25-13-18-5-4-9-30-18/h2-7,9,11,14H,8,10,13,15H2,1H3,(H,24,28)(H,25,27)/b16-11+. The van der Waals surface area contributed by atoms with Gasteiger partial charge in [0.2, 0.25) is 5.91 Å². The molecule has 0 saturated carbocycles. The van der Waals surface area contributed by atoms with E-state index in [2.05, 4.69) is 10.6 Å². The fourth-order valence-electron chi connectivity index (χ4n) is 3.00. The summed E-state index contributed by atoms with van der Waals surface area (Å²) in [7, 11) is 1.53. The number of nitriles is 1. The van der Waals surface area contributed by atoms with Crippen molar-refractivity contribution in [3.05, 3.63) is 65.8 Å². The highest BCUT2D eigenvalue weighted by molar-refractivity contribution is 6.04. The van der Waals surface area contributed by atoms with Gasteiger partial charge in [0.25, 0.3) is 5.91 Å². The summed E-state index contributed by atoms with van der Waals surface area (Å²) >= 11 is 0. The molecule has 0 aliphatic heterocycles. The number of ether oxygens (including phenoxy) is 1. The van der Waals surface area contributed by atoms with Gasteiger partial charge in [0, 0.05) is 36.3 Å². The number of carbonyl (C=O) groups excluding carboxylic acids is 2. The molecule has 8 heteroatoms. The number of benzene rings is 1. The summed E-state index contributed by atoms with van der Waals surface area (Å²) in [5.74, 6) is 0.0190. The summed E-state index contributed by atoms with van der Waals surface area (Å²) in [6.07, 6.45) is 4.84. The second-order valence-electron chi connectivity index (χ2n) is 6.50. The van der Waals surface area contributed by atoms with Crippen molar-refractivity contribution in [1.82, 2.24) is 15.2 Å². The minimum Gasteiger partial charge on any atom is -0.467 e. The maximum Gasteiger partial charge on any atom is 0.262 e. The summed E-state index contributed by atoms with van der Waals surface area (Å²) in [6.45, 7) is 1.07. The molecule has 8 nitrogen and oxygen atoms in total. The molecule has 0 aliphatic rings. The van der Waals surface area contributed by atoms with Gasteiger partial charge in [-0.1, -0.05) is 18.2 Å². The van der Waals surface area contributed by atoms with Gasteiger partial charge in [-0.25, -0.2) is 0 Å². The highest BCUT2D eigenvalue weighted by atomic mass is 16.5. The lowest BCUT2D eigenvalue weighted by Gasteiger charge is -2.06. The van der Waals surface area contributed by atoms with E-state index in [9.17, 15) is 14.9 Å². The van der Waals surface area contributed by atoms with E-state index >= 15 is 0 Å². The molecule has 2 amide bonds. The van der Waals surface area contributed by atoms with Gasteiger partial charge in [0.05, 0.1) is 19.4 Å². The monoisotopic (exact) mass is 406 g/mol. The molecule has 0 radical (unpaired) electrons. The molecule has 3 aromatic rings. The zero-order valence-electron chi connectivity index (χ0n) is 16.6. The Hall–Kier alpha value is -3.83. The van der Waals surface area contributed by atoms with Crippen LogP contribution < -0.4 is 10.6 Å². The van der Waals surface area contributed by atoms with E-state index in [1.807, 2.05) is 30.3 Å². The molecule has 0 bridgehead atoms. The number of methoxy groups -OCH3 is 1. The van der Waals surface area contributed by atoms with Gasteiger partial charge in [-0.05, 0) is 24.3 Å². The first-order chi connectivity index (χ1) is 14.6. The average molecular weight is 406 g/mol. The Morgan fingerprint density at radius 3 is 2.80 bits per heavy atom. The minimum atomic E-state index is -0.470. The zero-order chi connectivity index (χ0) is 21.3. The number of fused-ring (bicyclic) bond motifs is 1. The number of carbonyl (C=O) groups is 2. The Morgan fingerprint density at radius 1 is 1.23 bits per heavy atom. The minimum absolute atomic E-state index is 0.0173. The number of furan rings is 1. The van der Waals surface area contributed by atoms with Gasteiger partial charge < -0.3 is 24.4 Å². The molecule has 0 unspecified atom stereocenters. The van der Waals surface area contributed by atoms with Crippen molar-refractivity contribution in [3.63, 3.8) is 0 Å². The van der Waals surface area contributed by atoms with Crippen molar-refractivity contribution in [2.45, 2.75) is 13.1 Å². The molecule has 0 atom stereocenters. The zero-order valence-corrected chi connectivity index (χ0v) is 16.6. The predicted molar refractivity (Wildman–Crippen MR) is 111 cm³/mol. The molecular weight excluding hydrogens is 384 g/mol. The van der Waals surface area contributed by atoms with E-state index in [4.69, 9.17) is 9.15 Å². The first-order valence-corrected chi connectivity index (χ1v) is 9.38. The van der Waals surface area contributed by atoms with E-state index in [1.165, 1.54) is 13.2 Å². The van der Waals surface area contributed by atoms with Crippen LogP contribution in [0.4, 0.5) is 0 Å². The molecular formula is C22H22N4O4.